The molecule has 1 atom stereocenters. The van der Waals surface area contributed by atoms with Crippen molar-refractivity contribution in [2.45, 2.75) is 38.3 Å². The highest BCUT2D eigenvalue weighted by Gasteiger charge is 2.40. The predicted molar refractivity (Wildman–Crippen MR) is 106 cm³/mol. The smallest absolute Gasteiger partial charge is 0.325 e. The lowest BCUT2D eigenvalue weighted by molar-refractivity contribution is -0.142. The van der Waals surface area contributed by atoms with Crippen molar-refractivity contribution in [3.8, 4) is 5.75 Å². The molecule has 2 fully saturated rings. The van der Waals surface area contributed by atoms with E-state index in [4.69, 9.17) is 9.47 Å². The summed E-state index contributed by atoms with van der Waals surface area (Å²) in [7, 11) is 2.89. The van der Waals surface area contributed by atoms with E-state index in [-0.39, 0.29) is 30.8 Å². The van der Waals surface area contributed by atoms with Crippen LogP contribution in [0, 0.1) is 5.92 Å². The largest absolute Gasteiger partial charge is 0.496 e. The highest BCUT2D eigenvalue weighted by Crippen LogP contribution is 2.24. The molecule has 9 heteroatoms. The average Bonchev–Trinajstić information content (AvgIpc) is 3.01. The summed E-state index contributed by atoms with van der Waals surface area (Å²) < 4.78 is 9.97. The first-order chi connectivity index (χ1) is 14.4. The Balaban J connectivity index is 1.54. The highest BCUT2D eigenvalue weighted by atomic mass is 16.5. The van der Waals surface area contributed by atoms with Crippen molar-refractivity contribution in [1.29, 1.82) is 0 Å². The summed E-state index contributed by atoms with van der Waals surface area (Å²) in [6.07, 6.45) is 1.71. The molecule has 2 heterocycles. The number of carbonyl (C=O) groups is 4. The van der Waals surface area contributed by atoms with Crippen LogP contribution in [0.5, 0.6) is 5.75 Å². The third-order valence-electron chi connectivity index (χ3n) is 5.66. The molecule has 0 spiro atoms. The number of esters is 1. The Hall–Kier alpha value is -3.10. The van der Waals surface area contributed by atoms with E-state index in [1.54, 1.807) is 23.1 Å². The first kappa shape index (κ1) is 21.6. The first-order valence-electron chi connectivity index (χ1n) is 10.0. The second kappa shape index (κ2) is 9.60. The topological polar surface area (TPSA) is 105 Å². The molecule has 3 rings (SSSR count). The molecule has 2 aliphatic rings. The number of hydrogen-bond donors (Lipinski definition) is 1. The van der Waals surface area contributed by atoms with Crippen LogP contribution in [0.15, 0.2) is 24.3 Å². The molecule has 30 heavy (non-hydrogen) atoms. The van der Waals surface area contributed by atoms with Crippen molar-refractivity contribution >= 4 is 23.8 Å². The van der Waals surface area contributed by atoms with E-state index in [0.29, 0.717) is 43.7 Å². The SMILES string of the molecule is COC(=O)CC1CCN(C(=O)CC2NC(=O)N(Cc3ccccc3OC)C2=O)CC1. The van der Waals surface area contributed by atoms with Crippen LogP contribution in [-0.2, 0) is 25.7 Å². The Morgan fingerprint density at radius 1 is 1.10 bits per heavy atom. The Labute approximate surface area is 175 Å². The van der Waals surface area contributed by atoms with Gasteiger partial charge in [0.2, 0.25) is 5.91 Å². The van der Waals surface area contributed by atoms with Gasteiger partial charge in [-0.1, -0.05) is 18.2 Å². The molecule has 0 aliphatic carbocycles. The number of rotatable bonds is 7. The maximum absolute atomic E-state index is 12.7. The molecule has 162 valence electrons. The third-order valence-corrected chi connectivity index (χ3v) is 5.66. The van der Waals surface area contributed by atoms with Gasteiger partial charge < -0.3 is 19.7 Å². The standard InChI is InChI=1S/C21H27N3O6/c1-29-17-6-4-3-5-15(17)13-24-20(27)16(22-21(24)28)12-18(25)23-9-7-14(8-10-23)11-19(26)30-2/h3-6,14,16H,7-13H2,1-2H3,(H,22,28). The van der Waals surface area contributed by atoms with Crippen molar-refractivity contribution in [1.82, 2.24) is 15.1 Å². The van der Waals surface area contributed by atoms with Gasteiger partial charge >= 0.3 is 12.0 Å². The van der Waals surface area contributed by atoms with Crippen molar-refractivity contribution in [2.75, 3.05) is 27.3 Å². The maximum Gasteiger partial charge on any atom is 0.325 e. The van der Waals surface area contributed by atoms with E-state index in [1.807, 2.05) is 6.07 Å². The number of likely N-dealkylation sites (tertiary alicyclic amines) is 1. The fourth-order valence-corrected chi connectivity index (χ4v) is 3.88. The minimum Gasteiger partial charge on any atom is -0.496 e. The van der Waals surface area contributed by atoms with Gasteiger partial charge in [-0.05, 0) is 24.8 Å². The second-order valence-corrected chi connectivity index (χ2v) is 7.55. The third kappa shape index (κ3) is 4.90. The van der Waals surface area contributed by atoms with Crippen LogP contribution in [-0.4, -0.2) is 67.0 Å². The summed E-state index contributed by atoms with van der Waals surface area (Å²) >= 11 is 0. The molecule has 0 saturated carbocycles. The van der Waals surface area contributed by atoms with Crippen LogP contribution >= 0.6 is 0 Å². The van der Waals surface area contributed by atoms with Gasteiger partial charge in [0.05, 0.1) is 27.2 Å². The van der Waals surface area contributed by atoms with Gasteiger partial charge in [0.25, 0.3) is 5.91 Å². The molecular formula is C21H27N3O6. The van der Waals surface area contributed by atoms with Crippen LogP contribution in [0.1, 0.15) is 31.2 Å². The van der Waals surface area contributed by atoms with Crippen LogP contribution in [0.4, 0.5) is 4.79 Å². The van der Waals surface area contributed by atoms with E-state index in [0.717, 1.165) is 4.90 Å². The molecule has 0 aromatic heterocycles. The number of benzene rings is 1. The van der Waals surface area contributed by atoms with Gasteiger partial charge in [-0.2, -0.15) is 0 Å². The summed E-state index contributed by atoms with van der Waals surface area (Å²) in [5, 5.41) is 2.61. The summed E-state index contributed by atoms with van der Waals surface area (Å²) in [5.74, 6) is -0.0450. The Bertz CT molecular complexity index is 819. The molecule has 1 unspecified atom stereocenters. The fraction of sp³-hybridized carbons (Fsp3) is 0.524. The van der Waals surface area contributed by atoms with E-state index in [2.05, 4.69) is 5.32 Å². The summed E-state index contributed by atoms with van der Waals surface area (Å²) in [6.45, 7) is 1.14. The zero-order valence-corrected chi connectivity index (χ0v) is 17.3. The van der Waals surface area contributed by atoms with Gasteiger partial charge in [-0.25, -0.2) is 4.79 Å². The molecular weight excluding hydrogens is 390 g/mol. The van der Waals surface area contributed by atoms with E-state index in [1.165, 1.54) is 14.2 Å². The number of piperidine rings is 1. The normalized spacial score (nSPS) is 19.6. The lowest BCUT2D eigenvalue weighted by Gasteiger charge is -2.32. The molecule has 1 N–H and O–H groups in total. The van der Waals surface area contributed by atoms with E-state index in [9.17, 15) is 19.2 Å². The number of ether oxygens (including phenoxy) is 2. The number of hydrogen-bond acceptors (Lipinski definition) is 6. The molecule has 2 saturated heterocycles. The molecule has 0 radical (unpaired) electrons. The predicted octanol–water partition coefficient (Wildman–Crippen LogP) is 1.31. The van der Waals surface area contributed by atoms with Crippen LogP contribution in [0.3, 0.4) is 0 Å². The Morgan fingerprint density at radius 3 is 2.47 bits per heavy atom. The summed E-state index contributed by atoms with van der Waals surface area (Å²) in [4.78, 5) is 51.9. The minimum atomic E-state index is -0.868. The minimum absolute atomic E-state index is 0.0747. The number of imide groups is 1. The lowest BCUT2D eigenvalue weighted by Crippen LogP contribution is -2.43. The zero-order valence-electron chi connectivity index (χ0n) is 17.3. The number of carbonyl (C=O) groups excluding carboxylic acids is 4. The maximum atomic E-state index is 12.7. The number of amides is 4. The molecule has 0 bridgehead atoms. The molecule has 1 aromatic rings. The van der Waals surface area contributed by atoms with Gasteiger partial charge in [-0.3, -0.25) is 19.3 Å². The molecule has 9 nitrogen and oxygen atoms in total. The van der Waals surface area contributed by atoms with Crippen molar-refractivity contribution in [3.05, 3.63) is 29.8 Å². The van der Waals surface area contributed by atoms with Crippen LogP contribution in [0.25, 0.3) is 0 Å². The van der Waals surface area contributed by atoms with Gasteiger partial charge in [0.1, 0.15) is 11.8 Å². The summed E-state index contributed by atoms with van der Waals surface area (Å²) in [6, 6.07) is 5.79. The quantitative estimate of drug-likeness (QED) is 0.530. The second-order valence-electron chi connectivity index (χ2n) is 7.55. The monoisotopic (exact) mass is 417 g/mol. The number of para-hydroxylation sites is 1. The van der Waals surface area contributed by atoms with E-state index < -0.39 is 18.0 Å². The van der Waals surface area contributed by atoms with E-state index >= 15 is 0 Å². The van der Waals surface area contributed by atoms with Crippen LogP contribution < -0.4 is 10.1 Å². The fourth-order valence-electron chi connectivity index (χ4n) is 3.88. The average molecular weight is 417 g/mol. The number of nitrogens with one attached hydrogen (secondary N) is 1. The van der Waals surface area contributed by atoms with Crippen molar-refractivity contribution < 1.29 is 28.7 Å². The molecule has 4 amide bonds. The van der Waals surface area contributed by atoms with Crippen molar-refractivity contribution in [2.24, 2.45) is 5.92 Å². The first-order valence-corrected chi connectivity index (χ1v) is 10.0. The number of methoxy groups -OCH3 is 2. The number of urea groups is 1. The number of nitrogens with zero attached hydrogens (tertiary/aromatic N) is 2. The molecule has 1 aromatic carbocycles. The zero-order chi connectivity index (χ0) is 21.7. The Kier molecular flexibility index (Phi) is 6.91. The summed E-state index contributed by atoms with van der Waals surface area (Å²) in [5.41, 5.74) is 0.711. The molecule has 2 aliphatic heterocycles. The Morgan fingerprint density at radius 2 is 1.80 bits per heavy atom. The lowest BCUT2D eigenvalue weighted by atomic mass is 9.93. The van der Waals surface area contributed by atoms with Gasteiger partial charge in [0, 0.05) is 25.1 Å². The van der Waals surface area contributed by atoms with Crippen molar-refractivity contribution in [3.63, 3.8) is 0 Å². The van der Waals surface area contributed by atoms with Gasteiger partial charge in [-0.15, -0.1) is 0 Å². The highest BCUT2D eigenvalue weighted by molar-refractivity contribution is 6.05. The van der Waals surface area contributed by atoms with Gasteiger partial charge in [0.15, 0.2) is 0 Å². The van der Waals surface area contributed by atoms with Crippen LogP contribution in [0.2, 0.25) is 0 Å².